The molecule has 1 saturated carbocycles. The number of carbonyl (C=O) groups excluding carboxylic acids is 2. The second kappa shape index (κ2) is 8.72. The lowest BCUT2D eigenvalue weighted by Crippen LogP contribution is -2.36. The summed E-state index contributed by atoms with van der Waals surface area (Å²) in [4.78, 5) is 40.4. The summed E-state index contributed by atoms with van der Waals surface area (Å²) in [5, 5.41) is 5.81. The summed E-state index contributed by atoms with van der Waals surface area (Å²) in [7, 11) is 1.53. The first kappa shape index (κ1) is 22.2. The van der Waals surface area contributed by atoms with Crippen molar-refractivity contribution < 1.29 is 18.7 Å². The number of aromatic nitrogens is 3. The third kappa shape index (κ3) is 4.19. The number of rotatable bonds is 6. The summed E-state index contributed by atoms with van der Waals surface area (Å²) in [6, 6.07) is 7.13. The van der Waals surface area contributed by atoms with Crippen LogP contribution in [0.3, 0.4) is 0 Å². The molecule has 2 atom stereocenters. The summed E-state index contributed by atoms with van der Waals surface area (Å²) in [6.07, 6.45) is 1.77. The summed E-state index contributed by atoms with van der Waals surface area (Å²) in [5.41, 5.74) is 2.02. The summed E-state index contributed by atoms with van der Waals surface area (Å²) >= 11 is 1.41. The number of methoxy groups -OCH3 is 1. The summed E-state index contributed by atoms with van der Waals surface area (Å²) in [6.45, 7) is 2.40. The van der Waals surface area contributed by atoms with Crippen molar-refractivity contribution in [3.8, 4) is 5.88 Å². The lowest BCUT2D eigenvalue weighted by atomic mass is 10.1. The average molecular weight is 495 g/mol. The van der Waals surface area contributed by atoms with Gasteiger partial charge in [-0.1, -0.05) is 0 Å². The van der Waals surface area contributed by atoms with Crippen LogP contribution < -0.4 is 15.4 Å². The fourth-order valence-corrected chi connectivity index (χ4v) is 5.78. The maximum absolute atomic E-state index is 14.6. The lowest BCUT2D eigenvalue weighted by molar-refractivity contribution is -0.113. The highest BCUT2D eigenvalue weighted by Crippen LogP contribution is 2.45. The molecular formula is C24H23FN6O3S. The zero-order chi connectivity index (χ0) is 24.1. The van der Waals surface area contributed by atoms with Crippen LogP contribution in [-0.4, -0.2) is 70.2 Å². The van der Waals surface area contributed by atoms with E-state index in [1.54, 1.807) is 18.2 Å². The summed E-state index contributed by atoms with van der Waals surface area (Å²) in [5.74, 6) is 1.29. The van der Waals surface area contributed by atoms with Gasteiger partial charge in [-0.25, -0.2) is 14.4 Å². The molecule has 180 valence electrons. The van der Waals surface area contributed by atoms with Crippen LogP contribution in [0.2, 0.25) is 0 Å². The van der Waals surface area contributed by atoms with Gasteiger partial charge in [-0.05, 0) is 36.5 Å². The normalized spacial score (nSPS) is 22.9. The SMILES string of the molecule is COc1ccc2ncc(F)c(CCN3CC4C(C3)C4NC(=O)c3ccc4c(n3)NC(=O)CS4)c2n1. The highest BCUT2D eigenvalue weighted by Gasteiger charge is 2.56. The van der Waals surface area contributed by atoms with Crippen LogP contribution in [0.1, 0.15) is 16.1 Å². The number of ether oxygens (including phenoxy) is 1. The standard InChI is InChI=1S/C24H23FN6O3S/c1-34-20-5-3-16-22(29-20)12(15(25)8-26-16)6-7-31-9-13-14(10-31)21(13)30-24(33)17-2-4-18-23(27-17)28-19(32)11-35-18/h2-5,8,13-14,21H,6-7,9-11H2,1H3,(H,30,33)(H,27,28,32). The molecule has 2 fully saturated rings. The number of anilines is 1. The number of halogens is 1. The topological polar surface area (TPSA) is 109 Å². The molecule has 35 heavy (non-hydrogen) atoms. The van der Waals surface area contributed by atoms with E-state index in [2.05, 4.69) is 30.5 Å². The predicted octanol–water partition coefficient (Wildman–Crippen LogP) is 2.12. The van der Waals surface area contributed by atoms with Gasteiger partial charge in [0.2, 0.25) is 11.8 Å². The van der Waals surface area contributed by atoms with Crippen molar-refractivity contribution in [2.24, 2.45) is 11.8 Å². The van der Waals surface area contributed by atoms with E-state index in [1.165, 1.54) is 25.1 Å². The largest absolute Gasteiger partial charge is 0.481 e. The Bertz CT molecular complexity index is 1340. The van der Waals surface area contributed by atoms with Gasteiger partial charge in [0.05, 0.1) is 35.0 Å². The predicted molar refractivity (Wildman–Crippen MR) is 128 cm³/mol. The number of hydrogen-bond acceptors (Lipinski definition) is 8. The van der Waals surface area contributed by atoms with Crippen molar-refractivity contribution in [2.45, 2.75) is 17.4 Å². The zero-order valence-corrected chi connectivity index (χ0v) is 19.8. The number of likely N-dealkylation sites (tertiary alicyclic amines) is 1. The molecule has 1 aliphatic carbocycles. The molecule has 6 rings (SSSR count). The first-order valence-corrected chi connectivity index (χ1v) is 12.4. The van der Waals surface area contributed by atoms with Crippen LogP contribution in [-0.2, 0) is 11.2 Å². The molecule has 2 aliphatic heterocycles. The monoisotopic (exact) mass is 494 g/mol. The molecule has 3 aromatic heterocycles. The number of pyridine rings is 3. The van der Waals surface area contributed by atoms with Crippen LogP contribution in [0.5, 0.6) is 5.88 Å². The minimum Gasteiger partial charge on any atom is -0.481 e. The lowest BCUT2D eigenvalue weighted by Gasteiger charge is -2.20. The van der Waals surface area contributed by atoms with E-state index in [1.807, 2.05) is 6.07 Å². The van der Waals surface area contributed by atoms with E-state index in [-0.39, 0.29) is 23.7 Å². The zero-order valence-electron chi connectivity index (χ0n) is 19.0. The van der Waals surface area contributed by atoms with E-state index in [0.717, 1.165) is 18.0 Å². The van der Waals surface area contributed by atoms with Crippen LogP contribution in [0.4, 0.5) is 10.2 Å². The Morgan fingerprint density at radius 1 is 1.26 bits per heavy atom. The molecule has 0 radical (unpaired) electrons. The van der Waals surface area contributed by atoms with Crippen LogP contribution in [0.25, 0.3) is 11.0 Å². The van der Waals surface area contributed by atoms with Gasteiger partial charge in [0.1, 0.15) is 17.3 Å². The molecule has 2 unspecified atom stereocenters. The minimum atomic E-state index is -0.361. The Labute approximate surface area is 204 Å². The van der Waals surface area contributed by atoms with Gasteiger partial charge in [-0.2, -0.15) is 0 Å². The molecule has 0 bridgehead atoms. The van der Waals surface area contributed by atoms with Crippen molar-refractivity contribution >= 4 is 40.4 Å². The molecule has 1 saturated heterocycles. The molecule has 2 amide bonds. The highest BCUT2D eigenvalue weighted by molar-refractivity contribution is 8.00. The minimum absolute atomic E-state index is 0.112. The van der Waals surface area contributed by atoms with Gasteiger partial charge < -0.3 is 20.3 Å². The Balaban J connectivity index is 1.05. The molecular weight excluding hydrogens is 471 g/mol. The van der Waals surface area contributed by atoms with Gasteiger partial charge in [-0.15, -0.1) is 11.8 Å². The highest BCUT2D eigenvalue weighted by atomic mass is 32.2. The van der Waals surface area contributed by atoms with Crippen LogP contribution >= 0.6 is 11.8 Å². The Morgan fingerprint density at radius 2 is 2.09 bits per heavy atom. The van der Waals surface area contributed by atoms with Crippen molar-refractivity contribution in [1.29, 1.82) is 0 Å². The molecule has 3 aromatic rings. The van der Waals surface area contributed by atoms with Crippen molar-refractivity contribution in [3.63, 3.8) is 0 Å². The fraction of sp³-hybridized carbons (Fsp3) is 0.375. The molecule has 3 aliphatic rings. The number of thioether (sulfide) groups is 1. The van der Waals surface area contributed by atoms with E-state index in [0.29, 0.717) is 64.5 Å². The molecule has 0 spiro atoms. The number of nitrogens with one attached hydrogen (secondary N) is 2. The maximum atomic E-state index is 14.6. The number of nitrogens with zero attached hydrogens (tertiary/aromatic N) is 4. The Kier molecular flexibility index (Phi) is 5.53. The van der Waals surface area contributed by atoms with Gasteiger partial charge >= 0.3 is 0 Å². The molecule has 5 heterocycles. The number of hydrogen-bond donors (Lipinski definition) is 2. The first-order chi connectivity index (χ1) is 17.0. The first-order valence-electron chi connectivity index (χ1n) is 11.4. The van der Waals surface area contributed by atoms with Gasteiger partial charge in [0.15, 0.2) is 0 Å². The number of carbonyl (C=O) groups is 2. The maximum Gasteiger partial charge on any atom is 0.270 e. The van der Waals surface area contributed by atoms with Crippen molar-refractivity contribution in [3.05, 3.63) is 47.5 Å². The van der Waals surface area contributed by atoms with E-state index in [9.17, 15) is 14.0 Å². The second-order valence-corrected chi connectivity index (χ2v) is 10.0. The van der Waals surface area contributed by atoms with Crippen LogP contribution in [0.15, 0.2) is 35.4 Å². The summed E-state index contributed by atoms with van der Waals surface area (Å²) < 4.78 is 19.8. The van der Waals surface area contributed by atoms with E-state index in [4.69, 9.17) is 4.74 Å². The van der Waals surface area contributed by atoms with Gasteiger partial charge in [-0.3, -0.25) is 14.6 Å². The average Bonchev–Trinajstić information content (AvgIpc) is 3.30. The van der Waals surface area contributed by atoms with Crippen LogP contribution in [0, 0.1) is 17.7 Å². The fourth-order valence-electron chi connectivity index (χ4n) is 5.02. The van der Waals surface area contributed by atoms with E-state index < -0.39 is 0 Å². The molecule has 9 nitrogen and oxygen atoms in total. The third-order valence-corrected chi connectivity index (χ3v) is 7.95. The number of piperidine rings is 1. The molecule has 0 aromatic carbocycles. The van der Waals surface area contributed by atoms with E-state index >= 15 is 0 Å². The second-order valence-electron chi connectivity index (χ2n) is 9.02. The number of fused-ring (bicyclic) bond motifs is 3. The Hall–Kier alpha value is -3.31. The Morgan fingerprint density at radius 3 is 2.89 bits per heavy atom. The third-order valence-electron chi connectivity index (χ3n) is 6.90. The van der Waals surface area contributed by atoms with Gasteiger partial charge in [0.25, 0.3) is 5.91 Å². The molecule has 2 N–H and O–H groups in total. The van der Waals surface area contributed by atoms with Crippen molar-refractivity contribution in [1.82, 2.24) is 25.2 Å². The van der Waals surface area contributed by atoms with Crippen molar-refractivity contribution in [2.75, 3.05) is 37.8 Å². The smallest absolute Gasteiger partial charge is 0.270 e. The quantitative estimate of drug-likeness (QED) is 0.537. The van der Waals surface area contributed by atoms with Gasteiger partial charge in [0, 0.05) is 37.3 Å². The molecule has 11 heteroatoms. The number of amides is 2.